The molecule has 0 aromatic heterocycles. The number of carbonyl (C=O) groups excluding carboxylic acids is 1. The first-order valence-corrected chi connectivity index (χ1v) is 12.5. The average Bonchev–Trinajstić information content (AvgIpc) is 2.81. The molecule has 0 bridgehead atoms. The molecule has 1 heterocycles. The smallest absolute Gasteiger partial charge is 0.217 e. The lowest BCUT2D eigenvalue weighted by Crippen LogP contribution is -2.52. The van der Waals surface area contributed by atoms with Crippen LogP contribution < -0.4 is 5.32 Å². The molecule has 0 aliphatic carbocycles. The fourth-order valence-electron chi connectivity index (χ4n) is 4.67. The number of rotatable bonds is 6. The molecule has 1 N–H and O–H groups in total. The number of halogens is 2. The summed E-state index contributed by atoms with van der Waals surface area (Å²) in [4.78, 5) is 12.5. The predicted molar refractivity (Wildman–Crippen MR) is 130 cm³/mol. The number of hydrogen-bond acceptors (Lipinski definition) is 2. The van der Waals surface area contributed by atoms with Crippen LogP contribution in [0.25, 0.3) is 0 Å². The fourth-order valence-corrected chi connectivity index (χ4v) is 6.03. The van der Waals surface area contributed by atoms with E-state index in [0.717, 1.165) is 16.7 Å². The van der Waals surface area contributed by atoms with E-state index in [1.165, 1.54) is 31.2 Å². The molecule has 1 aliphatic heterocycles. The van der Waals surface area contributed by atoms with E-state index in [2.05, 4.69) is 5.32 Å². The molecular formula is C27H28F2N2O2S. The quantitative estimate of drug-likeness (QED) is 0.532. The summed E-state index contributed by atoms with van der Waals surface area (Å²) in [6.07, 6.45) is 1.21. The molecule has 34 heavy (non-hydrogen) atoms. The molecule has 0 radical (unpaired) electrons. The van der Waals surface area contributed by atoms with Crippen LogP contribution in [0.4, 0.5) is 8.78 Å². The second kappa shape index (κ2) is 10.6. The standard InChI is InChI=1S/C27H28F2N2O2S/c1-18-3-13-25(14-4-18)34(33)31-16-15-24(30-19(2)32)17-26(31)27(20-5-9-22(28)10-6-20)21-7-11-23(29)12-8-21/h3-14,24,26-27H,15-17H2,1-2H3,(H,30,32). The zero-order chi connectivity index (χ0) is 24.2. The first-order valence-electron chi connectivity index (χ1n) is 11.3. The van der Waals surface area contributed by atoms with Gasteiger partial charge in [-0.05, 0) is 67.3 Å². The van der Waals surface area contributed by atoms with Crippen molar-refractivity contribution in [2.24, 2.45) is 0 Å². The Labute approximate surface area is 201 Å². The van der Waals surface area contributed by atoms with E-state index in [1.807, 2.05) is 35.5 Å². The molecular weight excluding hydrogens is 454 g/mol. The minimum atomic E-state index is -1.44. The van der Waals surface area contributed by atoms with Crippen LogP contribution in [-0.2, 0) is 15.8 Å². The normalized spacial score (nSPS) is 19.7. The van der Waals surface area contributed by atoms with E-state index in [9.17, 15) is 17.8 Å². The van der Waals surface area contributed by atoms with Crippen molar-refractivity contribution >= 4 is 16.9 Å². The van der Waals surface area contributed by atoms with E-state index in [1.54, 1.807) is 24.3 Å². The molecule has 7 heteroatoms. The number of benzene rings is 3. The Morgan fingerprint density at radius 1 is 0.941 bits per heavy atom. The molecule has 4 nitrogen and oxygen atoms in total. The molecule has 1 aliphatic rings. The van der Waals surface area contributed by atoms with Crippen LogP contribution >= 0.6 is 0 Å². The highest BCUT2D eigenvalue weighted by atomic mass is 32.2. The highest BCUT2D eigenvalue weighted by Gasteiger charge is 2.39. The van der Waals surface area contributed by atoms with Crippen LogP contribution in [0.5, 0.6) is 0 Å². The second-order valence-electron chi connectivity index (χ2n) is 8.77. The minimum absolute atomic E-state index is 0.0860. The SMILES string of the molecule is CC(=O)NC1CCN(S(=O)c2ccc(C)cc2)C(C(c2ccc(F)cc2)c2ccc(F)cc2)C1. The molecule has 1 fully saturated rings. The van der Waals surface area contributed by atoms with Crippen molar-refractivity contribution in [3.8, 4) is 0 Å². The Morgan fingerprint density at radius 2 is 1.47 bits per heavy atom. The molecule has 0 saturated carbocycles. The number of aryl methyl sites for hydroxylation is 1. The Bertz CT molecular complexity index is 1110. The van der Waals surface area contributed by atoms with Gasteiger partial charge in [0.2, 0.25) is 5.91 Å². The maximum Gasteiger partial charge on any atom is 0.217 e. The number of carbonyl (C=O) groups is 1. The van der Waals surface area contributed by atoms with Crippen LogP contribution in [0.2, 0.25) is 0 Å². The summed E-state index contributed by atoms with van der Waals surface area (Å²) in [5.41, 5.74) is 2.76. The topological polar surface area (TPSA) is 49.4 Å². The van der Waals surface area contributed by atoms with E-state index in [4.69, 9.17) is 0 Å². The molecule has 3 aromatic carbocycles. The van der Waals surface area contributed by atoms with Crippen molar-refractivity contribution in [3.63, 3.8) is 0 Å². The van der Waals surface area contributed by atoms with Gasteiger partial charge in [0.1, 0.15) is 22.6 Å². The zero-order valence-electron chi connectivity index (χ0n) is 19.2. The highest BCUT2D eigenvalue weighted by Crippen LogP contribution is 2.38. The summed E-state index contributed by atoms with van der Waals surface area (Å²) in [6.45, 7) is 3.98. The third kappa shape index (κ3) is 5.59. The summed E-state index contributed by atoms with van der Waals surface area (Å²) in [5.74, 6) is -1.10. The lowest BCUT2D eigenvalue weighted by Gasteiger charge is -2.42. The number of piperidine rings is 1. The van der Waals surface area contributed by atoms with Gasteiger partial charge >= 0.3 is 0 Å². The summed E-state index contributed by atoms with van der Waals surface area (Å²) in [5, 5.41) is 3.01. The number of amides is 1. The maximum absolute atomic E-state index is 13.8. The van der Waals surface area contributed by atoms with Crippen molar-refractivity contribution in [1.29, 1.82) is 0 Å². The van der Waals surface area contributed by atoms with Gasteiger partial charge in [0.15, 0.2) is 0 Å². The van der Waals surface area contributed by atoms with Crippen molar-refractivity contribution in [1.82, 2.24) is 9.62 Å². The third-order valence-electron chi connectivity index (χ3n) is 6.28. The number of hydrogen-bond donors (Lipinski definition) is 1. The Balaban J connectivity index is 1.78. The first kappa shape index (κ1) is 24.2. The molecule has 0 spiro atoms. The van der Waals surface area contributed by atoms with Gasteiger partial charge in [0, 0.05) is 31.5 Å². The van der Waals surface area contributed by atoms with Gasteiger partial charge < -0.3 is 5.32 Å². The van der Waals surface area contributed by atoms with E-state index in [-0.39, 0.29) is 35.5 Å². The summed E-state index contributed by atoms with van der Waals surface area (Å²) >= 11 is 0. The van der Waals surface area contributed by atoms with Crippen molar-refractivity contribution < 1.29 is 17.8 Å². The average molecular weight is 483 g/mol. The van der Waals surface area contributed by atoms with E-state index >= 15 is 0 Å². The van der Waals surface area contributed by atoms with Gasteiger partial charge in [-0.3, -0.25) is 4.79 Å². The van der Waals surface area contributed by atoms with Crippen LogP contribution in [0.15, 0.2) is 77.7 Å². The Hall–Kier alpha value is -2.90. The maximum atomic E-state index is 13.8. The first-order chi connectivity index (χ1) is 16.3. The molecule has 1 amide bonds. The molecule has 1 saturated heterocycles. The van der Waals surface area contributed by atoms with Gasteiger partial charge in [-0.1, -0.05) is 42.0 Å². The molecule has 4 rings (SSSR count). The van der Waals surface area contributed by atoms with Crippen LogP contribution in [0, 0.1) is 18.6 Å². The van der Waals surface area contributed by atoms with Gasteiger partial charge in [0.05, 0.1) is 4.90 Å². The monoisotopic (exact) mass is 482 g/mol. The van der Waals surface area contributed by atoms with Crippen molar-refractivity contribution in [3.05, 3.63) is 101 Å². The molecule has 3 unspecified atom stereocenters. The van der Waals surface area contributed by atoms with Crippen LogP contribution in [0.3, 0.4) is 0 Å². The lowest BCUT2D eigenvalue weighted by atomic mass is 9.80. The van der Waals surface area contributed by atoms with Crippen LogP contribution in [-0.4, -0.2) is 33.0 Å². The van der Waals surface area contributed by atoms with E-state index in [0.29, 0.717) is 24.3 Å². The van der Waals surface area contributed by atoms with Crippen LogP contribution in [0.1, 0.15) is 42.4 Å². The van der Waals surface area contributed by atoms with Gasteiger partial charge in [-0.2, -0.15) is 0 Å². The zero-order valence-corrected chi connectivity index (χ0v) is 20.0. The fraction of sp³-hybridized carbons (Fsp3) is 0.296. The summed E-state index contributed by atoms with van der Waals surface area (Å²) in [6, 6.07) is 19.7. The number of nitrogens with zero attached hydrogens (tertiary/aromatic N) is 1. The van der Waals surface area contributed by atoms with Crippen molar-refractivity contribution in [2.75, 3.05) is 6.54 Å². The predicted octanol–water partition coefficient (Wildman–Crippen LogP) is 5.10. The molecule has 3 atom stereocenters. The lowest BCUT2D eigenvalue weighted by molar-refractivity contribution is -0.120. The van der Waals surface area contributed by atoms with Gasteiger partial charge in [-0.25, -0.2) is 17.3 Å². The largest absolute Gasteiger partial charge is 0.354 e. The van der Waals surface area contributed by atoms with E-state index < -0.39 is 11.0 Å². The second-order valence-corrected chi connectivity index (χ2v) is 10.2. The number of nitrogens with one attached hydrogen (secondary N) is 1. The van der Waals surface area contributed by atoms with Gasteiger partial charge in [0.25, 0.3) is 0 Å². The highest BCUT2D eigenvalue weighted by molar-refractivity contribution is 7.82. The summed E-state index contributed by atoms with van der Waals surface area (Å²) < 4.78 is 43.2. The van der Waals surface area contributed by atoms with Crippen molar-refractivity contribution in [2.45, 2.75) is 49.6 Å². The molecule has 3 aromatic rings. The molecule has 178 valence electrons. The minimum Gasteiger partial charge on any atom is -0.354 e. The third-order valence-corrected chi connectivity index (χ3v) is 7.83. The van der Waals surface area contributed by atoms with Gasteiger partial charge in [-0.15, -0.1) is 0 Å². The Kier molecular flexibility index (Phi) is 7.54. The Morgan fingerprint density at radius 3 is 1.97 bits per heavy atom. The summed E-state index contributed by atoms with van der Waals surface area (Å²) in [7, 11) is -1.44.